The van der Waals surface area contributed by atoms with Gasteiger partial charge < -0.3 is 10.6 Å². The van der Waals surface area contributed by atoms with Crippen LogP contribution >= 0.6 is 11.8 Å². The smallest absolute Gasteiger partial charge is 0.234 e. The summed E-state index contributed by atoms with van der Waals surface area (Å²) in [6, 6.07) is 0. The maximum Gasteiger partial charge on any atom is 0.234 e. The zero-order valence-electron chi connectivity index (χ0n) is 10.2. The van der Waals surface area contributed by atoms with Crippen LogP contribution in [0.15, 0.2) is 0 Å². The summed E-state index contributed by atoms with van der Waals surface area (Å²) < 4.78 is 0. The summed E-state index contributed by atoms with van der Waals surface area (Å²) in [6.07, 6.45) is 6.25. The van der Waals surface area contributed by atoms with Crippen LogP contribution in [0.3, 0.4) is 0 Å². The van der Waals surface area contributed by atoms with Gasteiger partial charge in [0.2, 0.25) is 5.91 Å². The van der Waals surface area contributed by atoms with Gasteiger partial charge in [-0.2, -0.15) is 0 Å². The lowest BCUT2D eigenvalue weighted by molar-refractivity contribution is -0.122. The molecule has 96 valence electrons. The molecule has 1 aliphatic heterocycles. The number of nitrogens with zero attached hydrogens (tertiary/aromatic N) is 1. The van der Waals surface area contributed by atoms with Crippen molar-refractivity contribution in [3.05, 3.63) is 0 Å². The zero-order chi connectivity index (χ0) is 12.3. The van der Waals surface area contributed by atoms with Crippen LogP contribution in [-0.2, 0) is 4.79 Å². The van der Waals surface area contributed by atoms with Gasteiger partial charge >= 0.3 is 0 Å². The topological polar surface area (TPSA) is 44.4 Å². The van der Waals surface area contributed by atoms with E-state index in [1.807, 2.05) is 0 Å². The minimum Gasteiger partial charge on any atom is -0.354 e. The first-order valence-electron chi connectivity index (χ1n) is 6.04. The first-order chi connectivity index (χ1) is 8.33. The summed E-state index contributed by atoms with van der Waals surface area (Å²) in [5.74, 6) is 4.28. The fraction of sp³-hybridized carbons (Fsp3) is 0.750. The highest BCUT2D eigenvalue weighted by Gasteiger charge is 2.11. The van der Waals surface area contributed by atoms with Crippen molar-refractivity contribution in [1.29, 1.82) is 0 Å². The zero-order valence-corrected chi connectivity index (χ0v) is 11.0. The van der Waals surface area contributed by atoms with Crippen molar-refractivity contribution in [2.75, 3.05) is 50.8 Å². The van der Waals surface area contributed by atoms with E-state index < -0.39 is 0 Å². The van der Waals surface area contributed by atoms with Crippen LogP contribution in [0.25, 0.3) is 0 Å². The predicted molar refractivity (Wildman–Crippen MR) is 73.1 cm³/mol. The van der Waals surface area contributed by atoms with Gasteiger partial charge in [0.15, 0.2) is 0 Å². The Labute approximate surface area is 108 Å². The molecule has 1 rings (SSSR count). The lowest BCUT2D eigenvalue weighted by Crippen LogP contribution is -2.39. The Bertz CT molecular complexity index is 257. The maximum atomic E-state index is 11.6. The monoisotopic (exact) mass is 255 g/mol. The summed E-state index contributed by atoms with van der Waals surface area (Å²) in [4.78, 5) is 13.8. The number of terminal acetylenes is 1. The molecule has 0 aromatic carbocycles. The van der Waals surface area contributed by atoms with Gasteiger partial charge in [0, 0.05) is 25.4 Å². The molecule has 0 saturated carbocycles. The number of rotatable bonds is 6. The van der Waals surface area contributed by atoms with Crippen LogP contribution in [-0.4, -0.2) is 61.6 Å². The van der Waals surface area contributed by atoms with E-state index in [-0.39, 0.29) is 5.91 Å². The SMILES string of the molecule is C#CCSCCNC(=O)CN1CCCNCC1. The van der Waals surface area contributed by atoms with Gasteiger partial charge in [-0.3, -0.25) is 9.69 Å². The summed E-state index contributed by atoms with van der Waals surface area (Å²) >= 11 is 1.67. The minimum atomic E-state index is 0.119. The van der Waals surface area contributed by atoms with Crippen LogP contribution < -0.4 is 10.6 Å². The van der Waals surface area contributed by atoms with E-state index in [4.69, 9.17) is 6.42 Å². The number of hydrogen-bond donors (Lipinski definition) is 2. The minimum absolute atomic E-state index is 0.119. The van der Waals surface area contributed by atoms with E-state index >= 15 is 0 Å². The van der Waals surface area contributed by atoms with Gasteiger partial charge in [-0.1, -0.05) is 5.92 Å². The van der Waals surface area contributed by atoms with Crippen LogP contribution in [0.5, 0.6) is 0 Å². The average Bonchev–Trinajstić information content (AvgIpc) is 2.57. The van der Waals surface area contributed by atoms with Crippen molar-refractivity contribution < 1.29 is 4.79 Å². The molecule has 0 bridgehead atoms. The first kappa shape index (κ1) is 14.4. The fourth-order valence-corrected chi connectivity index (χ4v) is 2.22. The largest absolute Gasteiger partial charge is 0.354 e. The van der Waals surface area contributed by atoms with E-state index in [1.54, 1.807) is 11.8 Å². The summed E-state index contributed by atoms with van der Waals surface area (Å²) in [5, 5.41) is 6.24. The van der Waals surface area contributed by atoms with Gasteiger partial charge in [0.25, 0.3) is 0 Å². The molecule has 0 radical (unpaired) electrons. The molecule has 0 aliphatic carbocycles. The molecule has 1 aliphatic rings. The Morgan fingerprint density at radius 2 is 2.35 bits per heavy atom. The number of carbonyl (C=O) groups is 1. The van der Waals surface area contributed by atoms with Crippen LogP contribution in [0.2, 0.25) is 0 Å². The third-order valence-electron chi connectivity index (χ3n) is 2.55. The molecule has 0 atom stereocenters. The highest BCUT2D eigenvalue weighted by Crippen LogP contribution is 1.96. The second-order valence-corrected chi connectivity index (χ2v) is 5.09. The van der Waals surface area contributed by atoms with Crippen molar-refractivity contribution in [3.63, 3.8) is 0 Å². The van der Waals surface area contributed by atoms with Crippen molar-refractivity contribution in [1.82, 2.24) is 15.5 Å². The van der Waals surface area contributed by atoms with Crippen molar-refractivity contribution in [2.24, 2.45) is 0 Å². The molecule has 0 unspecified atom stereocenters. The van der Waals surface area contributed by atoms with Gasteiger partial charge in [-0.15, -0.1) is 18.2 Å². The summed E-state index contributed by atoms with van der Waals surface area (Å²) in [5.41, 5.74) is 0. The lowest BCUT2D eigenvalue weighted by atomic mass is 10.4. The van der Waals surface area contributed by atoms with Crippen LogP contribution in [0.1, 0.15) is 6.42 Å². The molecule has 17 heavy (non-hydrogen) atoms. The molecule has 0 spiro atoms. The Morgan fingerprint density at radius 3 is 3.18 bits per heavy atom. The molecule has 0 aromatic heterocycles. The van der Waals surface area contributed by atoms with Crippen LogP contribution in [0, 0.1) is 12.3 Å². The van der Waals surface area contributed by atoms with E-state index in [0.29, 0.717) is 18.8 Å². The van der Waals surface area contributed by atoms with Gasteiger partial charge in [0.1, 0.15) is 0 Å². The fourth-order valence-electron chi connectivity index (χ4n) is 1.71. The predicted octanol–water partition coefficient (Wildman–Crippen LogP) is -0.236. The average molecular weight is 255 g/mol. The van der Waals surface area contributed by atoms with Crippen LogP contribution in [0.4, 0.5) is 0 Å². The lowest BCUT2D eigenvalue weighted by Gasteiger charge is -2.18. The number of carbonyl (C=O) groups excluding carboxylic acids is 1. The quantitative estimate of drug-likeness (QED) is 0.508. The van der Waals surface area contributed by atoms with E-state index in [9.17, 15) is 4.79 Å². The Hall–Kier alpha value is -0.700. The molecular formula is C12H21N3OS. The second-order valence-electron chi connectivity index (χ2n) is 3.99. The molecule has 1 saturated heterocycles. The molecule has 1 amide bonds. The molecule has 4 nitrogen and oxygen atoms in total. The highest BCUT2D eigenvalue weighted by molar-refractivity contribution is 7.99. The van der Waals surface area contributed by atoms with Gasteiger partial charge in [0.05, 0.1) is 12.3 Å². The third kappa shape index (κ3) is 7.27. The Morgan fingerprint density at radius 1 is 1.47 bits per heavy atom. The Kier molecular flexibility index (Phi) is 7.89. The molecular weight excluding hydrogens is 234 g/mol. The van der Waals surface area contributed by atoms with Crippen molar-refractivity contribution in [3.8, 4) is 12.3 Å². The third-order valence-corrected chi connectivity index (χ3v) is 3.42. The maximum absolute atomic E-state index is 11.6. The van der Waals surface area contributed by atoms with Crippen molar-refractivity contribution >= 4 is 17.7 Å². The number of hydrogen-bond acceptors (Lipinski definition) is 4. The number of amides is 1. The molecule has 2 N–H and O–H groups in total. The van der Waals surface area contributed by atoms with Gasteiger partial charge in [-0.05, 0) is 19.5 Å². The van der Waals surface area contributed by atoms with E-state index in [2.05, 4.69) is 21.5 Å². The van der Waals surface area contributed by atoms with Gasteiger partial charge in [-0.25, -0.2) is 0 Å². The van der Waals surface area contributed by atoms with E-state index in [0.717, 1.165) is 38.4 Å². The highest BCUT2D eigenvalue weighted by atomic mass is 32.2. The normalized spacial score (nSPS) is 17.1. The number of nitrogens with one attached hydrogen (secondary N) is 2. The summed E-state index contributed by atoms with van der Waals surface area (Å²) in [6.45, 7) is 5.22. The Balaban J connectivity index is 2.05. The number of thioether (sulfide) groups is 1. The molecule has 0 aromatic rings. The van der Waals surface area contributed by atoms with Crippen molar-refractivity contribution in [2.45, 2.75) is 6.42 Å². The second kappa shape index (κ2) is 9.34. The molecule has 1 fully saturated rings. The summed E-state index contributed by atoms with van der Waals surface area (Å²) in [7, 11) is 0. The first-order valence-corrected chi connectivity index (χ1v) is 7.19. The van der Waals surface area contributed by atoms with E-state index in [1.165, 1.54) is 0 Å². The standard InChI is InChI=1S/C12H21N3OS/c1-2-9-17-10-6-14-12(16)11-15-7-3-4-13-5-8-15/h1,13H,3-11H2,(H,14,16). The molecule has 5 heteroatoms. The molecule has 1 heterocycles.